The van der Waals surface area contributed by atoms with Gasteiger partial charge < -0.3 is 15.6 Å². The highest BCUT2D eigenvalue weighted by molar-refractivity contribution is 5.03. The average Bonchev–Trinajstić information content (AvgIpc) is 2.66. The van der Waals surface area contributed by atoms with Gasteiger partial charge in [0, 0.05) is 30.9 Å². The Bertz CT molecular complexity index is 241. The summed E-state index contributed by atoms with van der Waals surface area (Å²) in [4.78, 5) is 5.58. The van der Waals surface area contributed by atoms with Gasteiger partial charge in [-0.2, -0.15) is 0 Å². The van der Waals surface area contributed by atoms with Gasteiger partial charge in [-0.15, -0.1) is 0 Å². The van der Waals surface area contributed by atoms with E-state index in [-0.39, 0.29) is 0 Å². The summed E-state index contributed by atoms with van der Waals surface area (Å²) in [6.07, 6.45) is 5.39. The maximum atomic E-state index is 5.71. The second-order valence-electron chi connectivity index (χ2n) is 4.37. The number of aromatic nitrogens is 1. The number of aromatic amines is 1. The van der Waals surface area contributed by atoms with Gasteiger partial charge in [0.25, 0.3) is 0 Å². The maximum Gasteiger partial charge on any atom is 0.0159 e. The molecule has 3 nitrogen and oxygen atoms in total. The summed E-state index contributed by atoms with van der Waals surface area (Å²) in [5, 5.41) is 0. The molecule has 1 rings (SSSR count). The summed E-state index contributed by atoms with van der Waals surface area (Å²) >= 11 is 0. The number of nitrogens with one attached hydrogen (secondary N) is 1. The lowest BCUT2D eigenvalue weighted by molar-refractivity contribution is 0.325. The normalized spacial score (nSPS) is 13.3. The first kappa shape index (κ1) is 12.3. The van der Waals surface area contributed by atoms with Crippen LogP contribution in [0, 0.1) is 0 Å². The van der Waals surface area contributed by atoms with E-state index in [1.165, 1.54) is 12.1 Å². The zero-order valence-electron chi connectivity index (χ0n) is 9.87. The van der Waals surface area contributed by atoms with E-state index in [0.717, 1.165) is 25.9 Å². The summed E-state index contributed by atoms with van der Waals surface area (Å²) in [6.45, 7) is 4.32. The van der Waals surface area contributed by atoms with E-state index in [2.05, 4.69) is 29.9 Å². The van der Waals surface area contributed by atoms with E-state index in [1.54, 1.807) is 0 Å². The summed E-state index contributed by atoms with van der Waals surface area (Å²) < 4.78 is 0. The third-order valence-electron chi connectivity index (χ3n) is 2.62. The lowest BCUT2D eigenvalue weighted by Gasteiger charge is -2.16. The molecular weight excluding hydrogens is 186 g/mol. The highest BCUT2D eigenvalue weighted by Gasteiger charge is 2.00. The Morgan fingerprint density at radius 1 is 1.47 bits per heavy atom. The lowest BCUT2D eigenvalue weighted by atomic mass is 10.2. The Labute approximate surface area is 92.7 Å². The molecule has 0 saturated carbocycles. The SMILES string of the molecule is CC(N)CCCN(C)CCc1ccc[nH]1. The zero-order valence-corrected chi connectivity index (χ0v) is 9.87. The van der Waals surface area contributed by atoms with Gasteiger partial charge >= 0.3 is 0 Å². The minimum absolute atomic E-state index is 0.335. The van der Waals surface area contributed by atoms with Crippen molar-refractivity contribution in [2.24, 2.45) is 5.73 Å². The van der Waals surface area contributed by atoms with Crippen LogP contribution in [0.25, 0.3) is 0 Å². The standard InChI is InChI=1S/C12H23N3/c1-11(13)5-4-9-15(2)10-7-12-6-3-8-14-12/h3,6,8,11,14H,4-5,7,9-10,13H2,1-2H3. The van der Waals surface area contributed by atoms with Crippen LogP contribution in [0.5, 0.6) is 0 Å². The molecule has 1 atom stereocenters. The molecule has 1 aromatic rings. The predicted molar refractivity (Wildman–Crippen MR) is 64.9 cm³/mol. The van der Waals surface area contributed by atoms with Gasteiger partial charge in [-0.05, 0) is 45.5 Å². The van der Waals surface area contributed by atoms with Crippen LogP contribution in [-0.4, -0.2) is 36.1 Å². The van der Waals surface area contributed by atoms with Crippen molar-refractivity contribution >= 4 is 0 Å². The first-order valence-electron chi connectivity index (χ1n) is 5.75. The Kier molecular flexibility index (Phi) is 5.43. The second kappa shape index (κ2) is 6.64. The molecule has 1 aromatic heterocycles. The molecule has 0 bridgehead atoms. The number of hydrogen-bond donors (Lipinski definition) is 2. The highest BCUT2D eigenvalue weighted by atomic mass is 15.1. The molecular formula is C12H23N3. The van der Waals surface area contributed by atoms with Crippen LogP contribution in [0.1, 0.15) is 25.5 Å². The van der Waals surface area contributed by atoms with E-state index in [1.807, 2.05) is 12.3 Å². The topological polar surface area (TPSA) is 45.0 Å². The number of nitrogens with two attached hydrogens (primary N) is 1. The molecule has 3 N–H and O–H groups in total. The number of hydrogen-bond acceptors (Lipinski definition) is 2. The minimum Gasteiger partial charge on any atom is -0.365 e. The molecule has 1 unspecified atom stereocenters. The van der Waals surface area contributed by atoms with E-state index in [4.69, 9.17) is 5.73 Å². The smallest absolute Gasteiger partial charge is 0.0159 e. The fourth-order valence-electron chi connectivity index (χ4n) is 1.63. The molecule has 3 heteroatoms. The van der Waals surface area contributed by atoms with Gasteiger partial charge in [-0.25, -0.2) is 0 Å². The van der Waals surface area contributed by atoms with Crippen molar-refractivity contribution in [1.29, 1.82) is 0 Å². The molecule has 0 spiro atoms. The first-order chi connectivity index (χ1) is 7.18. The number of H-pyrrole nitrogens is 1. The number of likely N-dealkylation sites (N-methyl/N-ethyl adjacent to an activating group) is 1. The third kappa shape index (κ3) is 5.60. The van der Waals surface area contributed by atoms with Gasteiger partial charge in [0.2, 0.25) is 0 Å². The van der Waals surface area contributed by atoms with Crippen molar-refractivity contribution in [2.75, 3.05) is 20.1 Å². The van der Waals surface area contributed by atoms with Crippen molar-refractivity contribution in [3.8, 4) is 0 Å². The van der Waals surface area contributed by atoms with E-state index in [0.29, 0.717) is 6.04 Å². The molecule has 0 radical (unpaired) electrons. The van der Waals surface area contributed by atoms with Crippen molar-refractivity contribution in [2.45, 2.75) is 32.2 Å². The van der Waals surface area contributed by atoms with Crippen LogP contribution in [-0.2, 0) is 6.42 Å². The summed E-state index contributed by atoms with van der Waals surface area (Å²) in [5.41, 5.74) is 7.02. The van der Waals surface area contributed by atoms with Gasteiger partial charge in [-0.3, -0.25) is 0 Å². The molecule has 0 amide bonds. The van der Waals surface area contributed by atoms with Crippen molar-refractivity contribution in [3.63, 3.8) is 0 Å². The predicted octanol–water partition coefficient (Wildman–Crippen LogP) is 1.62. The maximum absolute atomic E-state index is 5.71. The first-order valence-corrected chi connectivity index (χ1v) is 5.75. The Morgan fingerprint density at radius 3 is 2.87 bits per heavy atom. The molecule has 0 saturated heterocycles. The van der Waals surface area contributed by atoms with Gasteiger partial charge in [0.05, 0.1) is 0 Å². The Morgan fingerprint density at radius 2 is 2.27 bits per heavy atom. The minimum atomic E-state index is 0.335. The molecule has 0 aliphatic heterocycles. The molecule has 0 aliphatic carbocycles. The van der Waals surface area contributed by atoms with Crippen LogP contribution in [0.4, 0.5) is 0 Å². The van der Waals surface area contributed by atoms with E-state index in [9.17, 15) is 0 Å². The molecule has 1 heterocycles. The number of rotatable bonds is 7. The van der Waals surface area contributed by atoms with Crippen LogP contribution in [0.3, 0.4) is 0 Å². The molecule has 0 aliphatic rings. The van der Waals surface area contributed by atoms with Gasteiger partial charge in [0.15, 0.2) is 0 Å². The third-order valence-corrected chi connectivity index (χ3v) is 2.62. The van der Waals surface area contributed by atoms with Gasteiger partial charge in [-0.1, -0.05) is 0 Å². The summed E-state index contributed by atoms with van der Waals surface area (Å²) in [7, 11) is 2.17. The second-order valence-corrected chi connectivity index (χ2v) is 4.37. The van der Waals surface area contributed by atoms with Crippen LogP contribution >= 0.6 is 0 Å². The van der Waals surface area contributed by atoms with Crippen LogP contribution < -0.4 is 5.73 Å². The molecule has 86 valence electrons. The Balaban J connectivity index is 2.06. The Hall–Kier alpha value is -0.800. The van der Waals surface area contributed by atoms with Crippen LogP contribution in [0.2, 0.25) is 0 Å². The van der Waals surface area contributed by atoms with Crippen molar-refractivity contribution < 1.29 is 0 Å². The van der Waals surface area contributed by atoms with E-state index >= 15 is 0 Å². The van der Waals surface area contributed by atoms with E-state index < -0.39 is 0 Å². The summed E-state index contributed by atoms with van der Waals surface area (Å²) in [5.74, 6) is 0. The number of nitrogens with zero attached hydrogens (tertiary/aromatic N) is 1. The molecule has 0 aromatic carbocycles. The quantitative estimate of drug-likeness (QED) is 0.716. The van der Waals surface area contributed by atoms with Gasteiger partial charge in [0.1, 0.15) is 0 Å². The van der Waals surface area contributed by atoms with Crippen LogP contribution in [0.15, 0.2) is 18.3 Å². The molecule has 15 heavy (non-hydrogen) atoms. The van der Waals surface area contributed by atoms with Crippen molar-refractivity contribution in [1.82, 2.24) is 9.88 Å². The lowest BCUT2D eigenvalue weighted by Crippen LogP contribution is -2.24. The fraction of sp³-hybridized carbons (Fsp3) is 0.667. The van der Waals surface area contributed by atoms with Crippen molar-refractivity contribution in [3.05, 3.63) is 24.0 Å². The average molecular weight is 209 g/mol. The highest BCUT2D eigenvalue weighted by Crippen LogP contribution is 1.99. The fourth-order valence-corrected chi connectivity index (χ4v) is 1.63. The summed E-state index contributed by atoms with van der Waals surface area (Å²) in [6, 6.07) is 4.52. The monoisotopic (exact) mass is 209 g/mol. The largest absolute Gasteiger partial charge is 0.365 e. The zero-order chi connectivity index (χ0) is 11.1. The molecule has 0 fully saturated rings.